The molecule has 17 heavy (non-hydrogen) atoms. The summed E-state index contributed by atoms with van der Waals surface area (Å²) >= 11 is 0. The summed E-state index contributed by atoms with van der Waals surface area (Å²) in [4.78, 5) is 10.8. The maximum absolute atomic E-state index is 10.8. The Morgan fingerprint density at radius 3 is 2.18 bits per heavy atom. The van der Waals surface area contributed by atoms with Gasteiger partial charge in [0.25, 0.3) is 0 Å². The summed E-state index contributed by atoms with van der Waals surface area (Å²) in [5, 5.41) is 8.89. The molecule has 1 aromatic rings. The van der Waals surface area contributed by atoms with Gasteiger partial charge in [0.05, 0.1) is 0 Å². The Bertz CT molecular complexity index is 373. The summed E-state index contributed by atoms with van der Waals surface area (Å²) in [7, 11) is 1.42. The second-order valence-corrected chi connectivity index (χ2v) is 5.21. The number of aliphatic carboxylic acids is 1. The third kappa shape index (κ3) is 3.86. The molecule has 0 heterocycles. The van der Waals surface area contributed by atoms with Crippen LogP contribution in [0.2, 0.25) is 0 Å². The van der Waals surface area contributed by atoms with Gasteiger partial charge in [-0.25, -0.2) is 4.79 Å². The van der Waals surface area contributed by atoms with Crippen LogP contribution in [0.3, 0.4) is 0 Å². The molecule has 1 N–H and O–H groups in total. The van der Waals surface area contributed by atoms with Crippen LogP contribution in [0.5, 0.6) is 0 Å². The van der Waals surface area contributed by atoms with Crippen LogP contribution in [0.1, 0.15) is 31.9 Å². The molecule has 0 aliphatic carbocycles. The lowest BCUT2D eigenvalue weighted by Gasteiger charge is -2.19. The first-order chi connectivity index (χ1) is 7.84. The van der Waals surface area contributed by atoms with E-state index in [4.69, 9.17) is 9.84 Å². The van der Waals surface area contributed by atoms with Crippen molar-refractivity contribution in [2.24, 2.45) is 0 Å². The van der Waals surface area contributed by atoms with Crippen LogP contribution in [-0.2, 0) is 21.4 Å². The van der Waals surface area contributed by atoms with Crippen molar-refractivity contribution in [3.05, 3.63) is 35.4 Å². The summed E-state index contributed by atoms with van der Waals surface area (Å²) in [6.07, 6.45) is -0.369. The minimum absolute atomic E-state index is 0.117. The first-order valence-corrected chi connectivity index (χ1v) is 5.69. The Balaban J connectivity index is 2.78. The van der Waals surface area contributed by atoms with Crippen LogP contribution >= 0.6 is 0 Å². The van der Waals surface area contributed by atoms with Crippen LogP contribution < -0.4 is 0 Å². The van der Waals surface area contributed by atoms with Crippen molar-refractivity contribution in [1.29, 1.82) is 0 Å². The number of hydrogen-bond acceptors (Lipinski definition) is 2. The van der Waals surface area contributed by atoms with E-state index in [1.54, 1.807) is 0 Å². The van der Waals surface area contributed by atoms with Crippen molar-refractivity contribution < 1.29 is 14.6 Å². The van der Waals surface area contributed by atoms with Crippen molar-refractivity contribution >= 4 is 5.97 Å². The zero-order chi connectivity index (χ0) is 13.1. The third-order valence-electron chi connectivity index (χ3n) is 2.80. The lowest BCUT2D eigenvalue weighted by Crippen LogP contribution is -2.24. The highest BCUT2D eigenvalue weighted by Crippen LogP contribution is 2.22. The molecule has 0 saturated heterocycles. The molecule has 1 atom stereocenters. The molecule has 0 aliphatic heterocycles. The average molecular weight is 236 g/mol. The number of hydrogen-bond donors (Lipinski definition) is 1. The number of carboxylic acid groups (broad SMARTS) is 1. The Labute approximate surface area is 102 Å². The highest BCUT2D eigenvalue weighted by atomic mass is 16.5. The Kier molecular flexibility index (Phi) is 4.29. The Morgan fingerprint density at radius 1 is 1.29 bits per heavy atom. The Morgan fingerprint density at radius 2 is 1.82 bits per heavy atom. The van der Waals surface area contributed by atoms with Gasteiger partial charge in [0.15, 0.2) is 6.10 Å². The minimum atomic E-state index is -0.924. The molecule has 3 heteroatoms. The second kappa shape index (κ2) is 5.32. The average Bonchev–Trinajstić information content (AvgIpc) is 2.25. The van der Waals surface area contributed by atoms with E-state index in [2.05, 4.69) is 20.8 Å². The topological polar surface area (TPSA) is 46.5 Å². The predicted molar refractivity (Wildman–Crippen MR) is 67.3 cm³/mol. The van der Waals surface area contributed by atoms with Gasteiger partial charge in [-0.15, -0.1) is 0 Å². The molecule has 0 aliphatic rings. The highest BCUT2D eigenvalue weighted by molar-refractivity contribution is 5.72. The van der Waals surface area contributed by atoms with E-state index in [1.807, 2.05) is 24.3 Å². The molecule has 3 nitrogen and oxygen atoms in total. The molecule has 0 fully saturated rings. The molecule has 0 amide bonds. The standard InChI is InChI=1S/C14H20O3/c1-14(2,3)11-7-5-10(6-8-11)9-12(17-4)13(15)16/h5-8,12H,9H2,1-4H3,(H,15,16). The molecule has 94 valence electrons. The number of benzene rings is 1. The van der Waals surface area contributed by atoms with Gasteiger partial charge in [0, 0.05) is 13.5 Å². The fraction of sp³-hybridized carbons (Fsp3) is 0.500. The monoisotopic (exact) mass is 236 g/mol. The smallest absolute Gasteiger partial charge is 0.333 e. The van der Waals surface area contributed by atoms with Gasteiger partial charge in [-0.1, -0.05) is 45.0 Å². The molecule has 0 spiro atoms. The van der Waals surface area contributed by atoms with Gasteiger partial charge < -0.3 is 9.84 Å². The van der Waals surface area contributed by atoms with Gasteiger partial charge >= 0.3 is 5.97 Å². The number of ether oxygens (including phenoxy) is 1. The second-order valence-electron chi connectivity index (χ2n) is 5.21. The lowest BCUT2D eigenvalue weighted by atomic mass is 9.86. The number of carboxylic acids is 1. The summed E-state index contributed by atoms with van der Waals surface area (Å²) in [5.41, 5.74) is 2.34. The molecule has 0 saturated carbocycles. The van der Waals surface area contributed by atoms with E-state index in [9.17, 15) is 4.79 Å². The van der Waals surface area contributed by atoms with E-state index in [0.29, 0.717) is 6.42 Å². The number of methoxy groups -OCH3 is 1. The van der Waals surface area contributed by atoms with Crippen molar-refractivity contribution in [3.63, 3.8) is 0 Å². The van der Waals surface area contributed by atoms with Gasteiger partial charge in [0.1, 0.15) is 0 Å². The maximum atomic E-state index is 10.8. The zero-order valence-electron chi connectivity index (χ0n) is 10.9. The Hall–Kier alpha value is -1.35. The van der Waals surface area contributed by atoms with E-state index in [-0.39, 0.29) is 5.41 Å². The first-order valence-electron chi connectivity index (χ1n) is 5.69. The van der Waals surface area contributed by atoms with E-state index < -0.39 is 12.1 Å². The van der Waals surface area contributed by atoms with E-state index >= 15 is 0 Å². The molecule has 0 aromatic heterocycles. The van der Waals surface area contributed by atoms with Crippen LogP contribution in [0.15, 0.2) is 24.3 Å². The largest absolute Gasteiger partial charge is 0.479 e. The van der Waals surface area contributed by atoms with Crippen LogP contribution in [0, 0.1) is 0 Å². The van der Waals surface area contributed by atoms with Crippen molar-refractivity contribution in [3.8, 4) is 0 Å². The van der Waals surface area contributed by atoms with Gasteiger partial charge in [-0.2, -0.15) is 0 Å². The van der Waals surface area contributed by atoms with Gasteiger partial charge in [-0.3, -0.25) is 0 Å². The number of carbonyl (C=O) groups is 1. The molecule has 1 unspecified atom stereocenters. The highest BCUT2D eigenvalue weighted by Gasteiger charge is 2.18. The minimum Gasteiger partial charge on any atom is -0.479 e. The third-order valence-corrected chi connectivity index (χ3v) is 2.80. The fourth-order valence-electron chi connectivity index (χ4n) is 1.63. The van der Waals surface area contributed by atoms with E-state index in [0.717, 1.165) is 5.56 Å². The molecular formula is C14H20O3. The summed E-state index contributed by atoms with van der Waals surface area (Å²) in [6, 6.07) is 8.03. The zero-order valence-corrected chi connectivity index (χ0v) is 10.9. The van der Waals surface area contributed by atoms with Crippen molar-refractivity contribution in [2.45, 2.75) is 38.7 Å². The first kappa shape index (κ1) is 13.7. The van der Waals surface area contributed by atoms with Crippen LogP contribution in [-0.4, -0.2) is 24.3 Å². The lowest BCUT2D eigenvalue weighted by molar-refractivity contribution is -0.148. The summed E-state index contributed by atoms with van der Waals surface area (Å²) in [5.74, 6) is -0.924. The molecule has 1 aromatic carbocycles. The van der Waals surface area contributed by atoms with E-state index in [1.165, 1.54) is 12.7 Å². The summed E-state index contributed by atoms with van der Waals surface area (Å²) < 4.78 is 4.91. The molecule has 0 bridgehead atoms. The van der Waals surface area contributed by atoms with Crippen molar-refractivity contribution in [2.75, 3.05) is 7.11 Å². The van der Waals surface area contributed by atoms with Gasteiger partial charge in [0.2, 0.25) is 0 Å². The summed E-state index contributed by atoms with van der Waals surface area (Å²) in [6.45, 7) is 6.45. The molecule has 1 rings (SSSR count). The SMILES string of the molecule is COC(Cc1ccc(C(C)(C)C)cc1)C(=O)O. The maximum Gasteiger partial charge on any atom is 0.333 e. The normalized spacial score (nSPS) is 13.4. The van der Waals surface area contributed by atoms with Crippen LogP contribution in [0.25, 0.3) is 0 Å². The molecule has 0 radical (unpaired) electrons. The van der Waals surface area contributed by atoms with Crippen molar-refractivity contribution in [1.82, 2.24) is 0 Å². The predicted octanol–water partition coefficient (Wildman–Crippen LogP) is 2.63. The van der Waals surface area contributed by atoms with Crippen LogP contribution in [0.4, 0.5) is 0 Å². The fourth-order valence-corrected chi connectivity index (χ4v) is 1.63. The van der Waals surface area contributed by atoms with Gasteiger partial charge in [-0.05, 0) is 16.5 Å². The number of rotatable bonds is 4. The molecular weight excluding hydrogens is 216 g/mol. The quantitative estimate of drug-likeness (QED) is 0.874.